The van der Waals surface area contributed by atoms with Gasteiger partial charge in [0.05, 0.1) is 19.3 Å². The van der Waals surface area contributed by atoms with Crippen molar-refractivity contribution in [1.82, 2.24) is 4.90 Å². The van der Waals surface area contributed by atoms with Gasteiger partial charge in [0.15, 0.2) is 0 Å². The lowest BCUT2D eigenvalue weighted by Gasteiger charge is -2.31. The Morgan fingerprint density at radius 2 is 2.04 bits per heavy atom. The molecule has 1 aliphatic heterocycles. The first-order chi connectivity index (χ1) is 11.5. The van der Waals surface area contributed by atoms with Gasteiger partial charge in [0, 0.05) is 24.2 Å². The highest BCUT2D eigenvalue weighted by Crippen LogP contribution is 2.19. The van der Waals surface area contributed by atoms with Gasteiger partial charge in [-0.25, -0.2) is 9.18 Å². The molecule has 0 bridgehead atoms. The molecule has 1 fully saturated rings. The molecular weight excluding hydrogens is 313 g/mol. The van der Waals surface area contributed by atoms with Crippen LogP contribution >= 0.6 is 0 Å². The summed E-state index contributed by atoms with van der Waals surface area (Å²) in [5.74, 6) is 0.167. The van der Waals surface area contributed by atoms with E-state index >= 15 is 0 Å². The van der Waals surface area contributed by atoms with Crippen LogP contribution in [0.1, 0.15) is 37.8 Å². The van der Waals surface area contributed by atoms with Crippen LogP contribution in [0.25, 0.3) is 0 Å². The predicted octanol–water partition coefficient (Wildman–Crippen LogP) is 3.36. The third-order valence-corrected chi connectivity index (χ3v) is 4.16. The van der Waals surface area contributed by atoms with E-state index in [4.69, 9.17) is 14.6 Å². The van der Waals surface area contributed by atoms with Gasteiger partial charge in [-0.2, -0.15) is 0 Å². The van der Waals surface area contributed by atoms with E-state index < -0.39 is 5.82 Å². The van der Waals surface area contributed by atoms with Crippen LogP contribution in [0.5, 0.6) is 0 Å². The number of ether oxygens (including phenoxy) is 2. The number of nitrogens with zero attached hydrogens (tertiary/aromatic N) is 1. The molecule has 0 saturated carbocycles. The lowest BCUT2D eigenvalue weighted by molar-refractivity contribution is -0.00188. The number of allylic oxidation sites excluding steroid dienone is 2. The van der Waals surface area contributed by atoms with Gasteiger partial charge >= 0.3 is 6.09 Å². The molecule has 1 aromatic carbocycles. The number of carbonyl (C=O) groups excluding carboxylic acids is 1. The quantitative estimate of drug-likeness (QED) is 0.837. The average molecular weight is 337 g/mol. The van der Waals surface area contributed by atoms with Crippen LogP contribution in [0.3, 0.4) is 0 Å². The first-order valence-corrected chi connectivity index (χ1v) is 8.13. The number of aliphatic hydroxyl groups excluding tert-OH is 1. The van der Waals surface area contributed by atoms with Crippen molar-refractivity contribution in [3.63, 3.8) is 0 Å². The minimum atomic E-state index is -0.414. The molecule has 5 nitrogen and oxygen atoms in total. The number of rotatable bonds is 5. The van der Waals surface area contributed by atoms with E-state index in [-0.39, 0.29) is 31.0 Å². The molecule has 1 N–H and O–H groups in total. The Morgan fingerprint density at radius 3 is 2.67 bits per heavy atom. The van der Waals surface area contributed by atoms with E-state index in [1.165, 1.54) is 0 Å². The van der Waals surface area contributed by atoms with Crippen LogP contribution in [0.4, 0.5) is 9.18 Å². The Bertz CT molecular complexity index is 595. The molecule has 1 aliphatic rings. The standard InChI is InChI=1S/C18H24FNO4/c1-3-13(2)24-18(22)20-9-7-16(8-10-20)23-12-15-6-4-5-14(11-21)17(15)19/h3-6,16,21H,7-12H2,1-2H3/b13-3+. The Balaban J connectivity index is 1.80. The topological polar surface area (TPSA) is 59.0 Å². The van der Waals surface area contributed by atoms with Crippen molar-refractivity contribution in [2.75, 3.05) is 13.1 Å². The number of carbonyl (C=O) groups is 1. The summed E-state index contributed by atoms with van der Waals surface area (Å²) in [6, 6.07) is 4.91. The Morgan fingerprint density at radius 1 is 1.38 bits per heavy atom. The number of halogens is 1. The SMILES string of the molecule is C/C=C(\C)OC(=O)N1CCC(OCc2cccc(CO)c2F)CC1. The van der Waals surface area contributed by atoms with Crippen molar-refractivity contribution < 1.29 is 23.8 Å². The first-order valence-electron chi connectivity index (χ1n) is 8.13. The van der Waals surface area contributed by atoms with Crippen LogP contribution in [-0.2, 0) is 22.7 Å². The molecule has 0 spiro atoms. The van der Waals surface area contributed by atoms with Gasteiger partial charge in [-0.15, -0.1) is 0 Å². The molecule has 0 radical (unpaired) electrons. The van der Waals surface area contributed by atoms with Crippen LogP contribution in [0.15, 0.2) is 30.0 Å². The maximum atomic E-state index is 14.0. The van der Waals surface area contributed by atoms with Gasteiger partial charge < -0.3 is 19.5 Å². The highest BCUT2D eigenvalue weighted by molar-refractivity contribution is 5.68. The molecule has 1 heterocycles. The summed E-state index contributed by atoms with van der Waals surface area (Å²) in [5.41, 5.74) is 0.708. The lowest BCUT2D eigenvalue weighted by Crippen LogP contribution is -2.41. The third kappa shape index (κ3) is 4.79. The normalized spacial score (nSPS) is 16.3. The Labute approximate surface area is 141 Å². The molecule has 1 saturated heterocycles. The summed E-state index contributed by atoms with van der Waals surface area (Å²) in [4.78, 5) is 13.6. The summed E-state index contributed by atoms with van der Waals surface area (Å²) in [5, 5.41) is 9.09. The smallest absolute Gasteiger partial charge is 0.414 e. The number of benzene rings is 1. The fraction of sp³-hybridized carbons (Fsp3) is 0.500. The molecule has 0 atom stereocenters. The fourth-order valence-electron chi connectivity index (χ4n) is 2.54. The second kappa shape index (κ2) is 8.80. The number of aliphatic hydroxyl groups is 1. The van der Waals surface area contributed by atoms with Crippen molar-refractivity contribution in [3.8, 4) is 0 Å². The van der Waals surface area contributed by atoms with Crippen LogP contribution in [-0.4, -0.2) is 35.3 Å². The summed E-state index contributed by atoms with van der Waals surface area (Å²) in [6.45, 7) is 4.49. The summed E-state index contributed by atoms with van der Waals surface area (Å²) >= 11 is 0. The van der Waals surface area contributed by atoms with Gasteiger partial charge in [-0.1, -0.05) is 18.2 Å². The van der Waals surface area contributed by atoms with Gasteiger partial charge in [-0.3, -0.25) is 0 Å². The third-order valence-electron chi connectivity index (χ3n) is 4.16. The van der Waals surface area contributed by atoms with Crippen molar-refractivity contribution in [2.45, 2.75) is 46.0 Å². The van der Waals surface area contributed by atoms with Crippen molar-refractivity contribution in [1.29, 1.82) is 0 Å². The van der Waals surface area contributed by atoms with Crippen LogP contribution in [0, 0.1) is 5.82 Å². The maximum absolute atomic E-state index is 14.0. The minimum absolute atomic E-state index is 0.0194. The van der Waals surface area contributed by atoms with E-state index in [2.05, 4.69) is 0 Å². The minimum Gasteiger partial charge on any atom is -0.415 e. The van der Waals surface area contributed by atoms with E-state index in [1.807, 2.05) is 6.92 Å². The zero-order valence-corrected chi connectivity index (χ0v) is 14.1. The molecule has 2 rings (SSSR count). The molecule has 132 valence electrons. The summed E-state index contributed by atoms with van der Waals surface area (Å²) in [6.07, 6.45) is 2.75. The highest BCUT2D eigenvalue weighted by Gasteiger charge is 2.24. The van der Waals surface area contributed by atoms with Crippen LogP contribution < -0.4 is 0 Å². The molecule has 1 amide bonds. The number of piperidine rings is 1. The molecule has 6 heteroatoms. The first kappa shape index (κ1) is 18.4. The maximum Gasteiger partial charge on any atom is 0.414 e. The molecule has 0 unspecified atom stereocenters. The van der Waals surface area contributed by atoms with E-state index in [1.54, 1.807) is 36.1 Å². The molecule has 0 aliphatic carbocycles. The Kier molecular flexibility index (Phi) is 6.75. The zero-order chi connectivity index (χ0) is 17.5. The van der Waals surface area contributed by atoms with Gasteiger partial charge in [0.25, 0.3) is 0 Å². The monoisotopic (exact) mass is 337 g/mol. The fourth-order valence-corrected chi connectivity index (χ4v) is 2.54. The Hall–Kier alpha value is -1.92. The van der Waals surface area contributed by atoms with Gasteiger partial charge in [0.1, 0.15) is 11.6 Å². The van der Waals surface area contributed by atoms with E-state index in [9.17, 15) is 9.18 Å². The van der Waals surface area contributed by atoms with E-state index in [0.29, 0.717) is 37.3 Å². The predicted molar refractivity (Wildman–Crippen MR) is 87.6 cm³/mol. The number of amides is 1. The molecular formula is C18H24FNO4. The second-order valence-corrected chi connectivity index (χ2v) is 5.81. The largest absolute Gasteiger partial charge is 0.415 e. The van der Waals surface area contributed by atoms with E-state index in [0.717, 1.165) is 0 Å². The molecule has 1 aromatic rings. The average Bonchev–Trinajstić information content (AvgIpc) is 2.61. The molecule has 24 heavy (non-hydrogen) atoms. The molecule has 0 aromatic heterocycles. The lowest BCUT2D eigenvalue weighted by atomic mass is 10.1. The van der Waals surface area contributed by atoms with Crippen LogP contribution in [0.2, 0.25) is 0 Å². The van der Waals surface area contributed by atoms with Crippen molar-refractivity contribution >= 4 is 6.09 Å². The second-order valence-electron chi connectivity index (χ2n) is 5.81. The highest BCUT2D eigenvalue weighted by atomic mass is 19.1. The summed E-state index contributed by atoms with van der Waals surface area (Å²) < 4.78 is 25.0. The summed E-state index contributed by atoms with van der Waals surface area (Å²) in [7, 11) is 0. The number of hydrogen-bond acceptors (Lipinski definition) is 4. The van der Waals surface area contributed by atoms with Crippen molar-refractivity contribution in [3.05, 3.63) is 47.0 Å². The zero-order valence-electron chi connectivity index (χ0n) is 14.1. The number of likely N-dealkylation sites (tertiary alicyclic amines) is 1. The van der Waals surface area contributed by atoms with Gasteiger partial charge in [-0.05, 0) is 32.8 Å². The number of hydrogen-bond donors (Lipinski definition) is 1. The van der Waals surface area contributed by atoms with Crippen molar-refractivity contribution in [2.24, 2.45) is 0 Å². The van der Waals surface area contributed by atoms with Gasteiger partial charge in [0.2, 0.25) is 0 Å².